The lowest BCUT2D eigenvalue weighted by molar-refractivity contribution is -0.132. The molecule has 7 heteroatoms. The number of nitrogens with zero attached hydrogens (tertiary/aromatic N) is 1. The van der Waals surface area contributed by atoms with Gasteiger partial charge in [0.1, 0.15) is 12.6 Å². The molecular weight excluding hydrogens is 338 g/mol. The van der Waals surface area contributed by atoms with Gasteiger partial charge in [0, 0.05) is 17.8 Å². The fourth-order valence-corrected chi connectivity index (χ4v) is 3.40. The third-order valence-corrected chi connectivity index (χ3v) is 4.90. The minimum Gasteiger partial charge on any atom is -0.354 e. The number of amides is 4. The van der Waals surface area contributed by atoms with Crippen LogP contribution in [0.1, 0.15) is 10.4 Å². The number of thiophene rings is 1. The van der Waals surface area contributed by atoms with Gasteiger partial charge in [-0.05, 0) is 23.4 Å². The van der Waals surface area contributed by atoms with Crippen LogP contribution in [-0.2, 0) is 22.4 Å². The van der Waals surface area contributed by atoms with Gasteiger partial charge in [-0.25, -0.2) is 4.79 Å². The minimum atomic E-state index is -0.617. The van der Waals surface area contributed by atoms with E-state index in [-0.39, 0.29) is 18.4 Å². The van der Waals surface area contributed by atoms with Gasteiger partial charge < -0.3 is 10.6 Å². The molecule has 130 valence electrons. The molecule has 1 aromatic carbocycles. The summed E-state index contributed by atoms with van der Waals surface area (Å²) in [5.41, 5.74) is 0.961. The van der Waals surface area contributed by atoms with Crippen LogP contribution in [0, 0.1) is 0 Å². The molecule has 2 heterocycles. The summed E-state index contributed by atoms with van der Waals surface area (Å²) in [5.74, 6) is -0.692. The monoisotopic (exact) mass is 357 g/mol. The van der Waals surface area contributed by atoms with Crippen LogP contribution in [0.2, 0.25) is 0 Å². The molecule has 2 N–H and O–H groups in total. The van der Waals surface area contributed by atoms with Gasteiger partial charge in [0.25, 0.3) is 5.91 Å². The van der Waals surface area contributed by atoms with Crippen molar-refractivity contribution in [1.82, 2.24) is 15.5 Å². The third-order valence-electron chi connectivity index (χ3n) is 3.97. The van der Waals surface area contributed by atoms with Gasteiger partial charge in [-0.15, -0.1) is 11.3 Å². The first-order chi connectivity index (χ1) is 12.1. The van der Waals surface area contributed by atoms with E-state index >= 15 is 0 Å². The summed E-state index contributed by atoms with van der Waals surface area (Å²) in [6.07, 6.45) is 1.15. The van der Waals surface area contributed by atoms with Gasteiger partial charge in [-0.1, -0.05) is 36.4 Å². The predicted octanol–water partition coefficient (Wildman–Crippen LogP) is 1.57. The van der Waals surface area contributed by atoms with Crippen molar-refractivity contribution in [3.63, 3.8) is 0 Å². The van der Waals surface area contributed by atoms with Gasteiger partial charge >= 0.3 is 6.03 Å². The molecular formula is C18H19N3O3S. The normalized spacial score (nSPS) is 16.8. The number of benzene rings is 1. The molecule has 0 spiro atoms. The maximum Gasteiger partial charge on any atom is 0.325 e. The lowest BCUT2D eigenvalue weighted by atomic mass is 10.1. The van der Waals surface area contributed by atoms with E-state index in [1.807, 2.05) is 47.8 Å². The molecule has 4 amide bonds. The van der Waals surface area contributed by atoms with Crippen molar-refractivity contribution in [2.24, 2.45) is 0 Å². The maximum atomic E-state index is 12.4. The Morgan fingerprint density at radius 1 is 1.16 bits per heavy atom. The molecule has 1 aromatic heterocycles. The van der Waals surface area contributed by atoms with E-state index in [0.29, 0.717) is 13.0 Å². The van der Waals surface area contributed by atoms with Crippen LogP contribution in [0.25, 0.3) is 0 Å². The molecule has 6 nitrogen and oxygen atoms in total. The van der Waals surface area contributed by atoms with Crippen molar-refractivity contribution in [2.75, 3.05) is 13.1 Å². The Bertz CT molecular complexity index is 746. The highest BCUT2D eigenvalue weighted by Crippen LogP contribution is 2.12. The molecule has 0 saturated carbocycles. The van der Waals surface area contributed by atoms with Crippen LogP contribution >= 0.6 is 11.3 Å². The van der Waals surface area contributed by atoms with Crippen LogP contribution in [0.3, 0.4) is 0 Å². The van der Waals surface area contributed by atoms with Crippen molar-refractivity contribution in [2.45, 2.75) is 18.9 Å². The third kappa shape index (κ3) is 4.45. The lowest BCUT2D eigenvalue weighted by Gasteiger charge is -2.13. The maximum absolute atomic E-state index is 12.4. The van der Waals surface area contributed by atoms with Crippen LogP contribution < -0.4 is 10.6 Å². The Kier molecular flexibility index (Phi) is 5.45. The molecule has 1 fully saturated rings. The highest BCUT2D eigenvalue weighted by molar-refractivity contribution is 7.09. The topological polar surface area (TPSA) is 78.5 Å². The molecule has 0 aliphatic carbocycles. The minimum absolute atomic E-state index is 0.250. The number of hydrogen-bond acceptors (Lipinski definition) is 4. The Morgan fingerprint density at radius 3 is 2.68 bits per heavy atom. The highest BCUT2D eigenvalue weighted by Gasteiger charge is 2.38. The zero-order valence-electron chi connectivity index (χ0n) is 13.6. The number of rotatable bonds is 7. The van der Waals surface area contributed by atoms with E-state index < -0.39 is 12.1 Å². The van der Waals surface area contributed by atoms with E-state index in [9.17, 15) is 14.4 Å². The molecule has 0 radical (unpaired) electrons. The molecule has 2 aromatic rings. The summed E-state index contributed by atoms with van der Waals surface area (Å²) in [5, 5.41) is 7.38. The Morgan fingerprint density at radius 2 is 1.96 bits per heavy atom. The van der Waals surface area contributed by atoms with E-state index in [1.165, 1.54) is 4.88 Å². The summed E-state index contributed by atoms with van der Waals surface area (Å²) in [6, 6.07) is 12.3. The molecule has 1 atom stereocenters. The number of carbonyl (C=O) groups excluding carboxylic acids is 3. The van der Waals surface area contributed by atoms with Gasteiger partial charge in [-0.2, -0.15) is 0 Å². The lowest BCUT2D eigenvalue weighted by Crippen LogP contribution is -2.41. The van der Waals surface area contributed by atoms with E-state index in [2.05, 4.69) is 10.6 Å². The number of nitrogens with one attached hydrogen (secondary N) is 2. The molecule has 1 aliphatic rings. The van der Waals surface area contributed by atoms with Crippen LogP contribution in [0.4, 0.5) is 4.79 Å². The van der Waals surface area contributed by atoms with Crippen LogP contribution in [0.5, 0.6) is 0 Å². The number of imide groups is 1. The Labute approximate surface area is 149 Å². The van der Waals surface area contributed by atoms with Crippen molar-refractivity contribution in [3.05, 3.63) is 58.3 Å². The summed E-state index contributed by atoms with van der Waals surface area (Å²) >= 11 is 1.63. The molecule has 1 saturated heterocycles. The number of hydrogen-bond donors (Lipinski definition) is 2. The molecule has 0 bridgehead atoms. The van der Waals surface area contributed by atoms with Crippen molar-refractivity contribution in [1.29, 1.82) is 0 Å². The molecule has 3 rings (SSSR count). The predicted molar refractivity (Wildman–Crippen MR) is 95.2 cm³/mol. The quantitative estimate of drug-likeness (QED) is 0.739. The van der Waals surface area contributed by atoms with Crippen LogP contribution in [0.15, 0.2) is 47.8 Å². The van der Waals surface area contributed by atoms with Crippen molar-refractivity contribution >= 4 is 29.2 Å². The van der Waals surface area contributed by atoms with E-state index in [4.69, 9.17) is 0 Å². The number of carbonyl (C=O) groups is 3. The van der Waals surface area contributed by atoms with E-state index in [0.717, 1.165) is 16.9 Å². The zero-order valence-corrected chi connectivity index (χ0v) is 14.4. The summed E-state index contributed by atoms with van der Waals surface area (Å²) in [6.45, 7) is 0.233. The van der Waals surface area contributed by atoms with Gasteiger partial charge in [0.05, 0.1) is 0 Å². The molecule has 0 unspecified atom stereocenters. The molecule has 1 aliphatic heterocycles. The fourth-order valence-electron chi connectivity index (χ4n) is 2.69. The van der Waals surface area contributed by atoms with Gasteiger partial charge in [0.15, 0.2) is 0 Å². The summed E-state index contributed by atoms with van der Waals surface area (Å²) < 4.78 is 0. The average molecular weight is 357 g/mol. The van der Waals surface area contributed by atoms with Crippen molar-refractivity contribution in [3.8, 4) is 0 Å². The zero-order chi connectivity index (χ0) is 17.6. The second kappa shape index (κ2) is 7.94. The van der Waals surface area contributed by atoms with Crippen LogP contribution in [-0.4, -0.2) is 41.9 Å². The van der Waals surface area contributed by atoms with Crippen molar-refractivity contribution < 1.29 is 14.4 Å². The average Bonchev–Trinajstić information content (AvgIpc) is 3.20. The summed E-state index contributed by atoms with van der Waals surface area (Å²) in [7, 11) is 0. The van der Waals surface area contributed by atoms with E-state index in [1.54, 1.807) is 11.3 Å². The largest absolute Gasteiger partial charge is 0.354 e. The van der Waals surface area contributed by atoms with Gasteiger partial charge in [-0.3, -0.25) is 14.5 Å². The summed E-state index contributed by atoms with van der Waals surface area (Å²) in [4.78, 5) is 38.5. The SMILES string of the molecule is O=C(CN1C(=O)N[C@H](Cc2ccccc2)C1=O)NCCc1cccs1. The highest BCUT2D eigenvalue weighted by atomic mass is 32.1. The first-order valence-electron chi connectivity index (χ1n) is 8.08. The first-order valence-corrected chi connectivity index (χ1v) is 8.96. The smallest absolute Gasteiger partial charge is 0.325 e. The van der Waals surface area contributed by atoms with Gasteiger partial charge in [0.2, 0.25) is 5.91 Å². The second-order valence-corrected chi connectivity index (χ2v) is 6.83. The second-order valence-electron chi connectivity index (χ2n) is 5.80. The number of urea groups is 1. The Hall–Kier alpha value is -2.67. The standard InChI is InChI=1S/C18H19N3O3S/c22-16(19-9-8-14-7-4-10-25-14)12-21-17(23)15(20-18(21)24)11-13-5-2-1-3-6-13/h1-7,10,15H,8-9,11-12H2,(H,19,22)(H,20,24)/t15-/m1/s1. The fraction of sp³-hybridized carbons (Fsp3) is 0.278. The Balaban J connectivity index is 1.49. The first kappa shape index (κ1) is 17.2. The molecule has 25 heavy (non-hydrogen) atoms.